The lowest BCUT2D eigenvalue weighted by atomic mass is 9.89. The largest absolute Gasteiger partial charge is 0.481 e. The third-order valence-corrected chi connectivity index (χ3v) is 7.57. The van der Waals surface area contributed by atoms with Crippen LogP contribution in [0.25, 0.3) is 22.0 Å². The van der Waals surface area contributed by atoms with Gasteiger partial charge in [-0.15, -0.1) is 0 Å². The molecule has 0 saturated heterocycles. The molecule has 1 N–H and O–H groups in total. The van der Waals surface area contributed by atoms with Crippen molar-refractivity contribution in [3.63, 3.8) is 0 Å². The molecule has 9 heteroatoms. The van der Waals surface area contributed by atoms with Crippen molar-refractivity contribution in [2.45, 2.75) is 32.2 Å². The molecule has 0 radical (unpaired) electrons. The van der Waals surface area contributed by atoms with E-state index in [1.54, 1.807) is 18.2 Å². The van der Waals surface area contributed by atoms with Gasteiger partial charge in [0.2, 0.25) is 5.91 Å². The lowest BCUT2D eigenvalue weighted by Gasteiger charge is -2.23. The molecule has 1 aromatic heterocycles. The number of rotatable bonds is 6. The zero-order valence-corrected chi connectivity index (χ0v) is 23.4. The van der Waals surface area contributed by atoms with Gasteiger partial charge in [0.15, 0.2) is 0 Å². The lowest BCUT2D eigenvalue weighted by Crippen LogP contribution is -2.27. The van der Waals surface area contributed by atoms with Crippen LogP contribution in [0, 0.1) is 6.92 Å². The normalized spacial score (nSPS) is 15.1. The molecular weight excluding hydrogens is 589 g/mol. The highest BCUT2D eigenvalue weighted by molar-refractivity contribution is 9.10. The van der Waals surface area contributed by atoms with Crippen LogP contribution >= 0.6 is 39.1 Å². The van der Waals surface area contributed by atoms with Gasteiger partial charge in [-0.2, -0.15) is 5.10 Å². The number of benzene rings is 3. The van der Waals surface area contributed by atoms with Gasteiger partial charge >= 0.3 is 5.97 Å². The van der Waals surface area contributed by atoms with Crippen LogP contribution in [-0.4, -0.2) is 32.7 Å². The Morgan fingerprint density at radius 3 is 2.50 bits per heavy atom. The molecule has 0 fully saturated rings. The fourth-order valence-corrected chi connectivity index (χ4v) is 5.75. The molecule has 2 heterocycles. The highest BCUT2D eigenvalue weighted by atomic mass is 79.9. The van der Waals surface area contributed by atoms with E-state index in [9.17, 15) is 9.59 Å². The predicted octanol–water partition coefficient (Wildman–Crippen LogP) is 7.82. The fraction of sp³-hybridized carbons (Fsp3) is 0.172. The van der Waals surface area contributed by atoms with Crippen molar-refractivity contribution in [2.75, 3.05) is 0 Å². The average Bonchev–Trinajstić information content (AvgIpc) is 3.32. The van der Waals surface area contributed by atoms with Crippen molar-refractivity contribution in [1.29, 1.82) is 0 Å². The minimum absolute atomic E-state index is 0.179. The van der Waals surface area contributed by atoms with E-state index in [1.165, 1.54) is 5.01 Å². The number of aryl methyl sites for hydroxylation is 1. The highest BCUT2D eigenvalue weighted by Gasteiger charge is 2.36. The van der Waals surface area contributed by atoms with E-state index in [1.807, 2.05) is 55.5 Å². The minimum atomic E-state index is -1.05. The van der Waals surface area contributed by atoms with E-state index in [-0.39, 0.29) is 12.8 Å². The molecule has 5 rings (SSSR count). The van der Waals surface area contributed by atoms with Crippen LogP contribution in [0.1, 0.15) is 42.1 Å². The molecule has 0 spiro atoms. The number of amides is 1. The molecule has 38 heavy (non-hydrogen) atoms. The second-order valence-electron chi connectivity index (χ2n) is 9.04. The molecular formula is C29H22BrCl2N3O3. The van der Waals surface area contributed by atoms with Crippen LogP contribution in [0.3, 0.4) is 0 Å². The van der Waals surface area contributed by atoms with Gasteiger partial charge in [0, 0.05) is 49.6 Å². The number of aromatic nitrogens is 1. The molecule has 6 nitrogen and oxygen atoms in total. The van der Waals surface area contributed by atoms with E-state index >= 15 is 0 Å². The van der Waals surface area contributed by atoms with Gasteiger partial charge < -0.3 is 5.11 Å². The Bertz CT molecular complexity index is 1610. The maximum Gasteiger partial charge on any atom is 0.303 e. The molecule has 3 aromatic carbocycles. The molecule has 0 aliphatic carbocycles. The number of carboxylic acids is 1. The average molecular weight is 611 g/mol. The Balaban J connectivity index is 1.70. The summed E-state index contributed by atoms with van der Waals surface area (Å²) < 4.78 is 0.920. The maximum absolute atomic E-state index is 13.3. The fourth-order valence-electron chi connectivity index (χ4n) is 4.85. The van der Waals surface area contributed by atoms with Crippen molar-refractivity contribution in [2.24, 2.45) is 5.10 Å². The Morgan fingerprint density at radius 2 is 1.79 bits per heavy atom. The van der Waals surface area contributed by atoms with Gasteiger partial charge in [-0.3, -0.25) is 14.6 Å². The van der Waals surface area contributed by atoms with Gasteiger partial charge in [-0.1, -0.05) is 75.5 Å². The summed E-state index contributed by atoms with van der Waals surface area (Å²) in [5.41, 5.74) is 5.79. The summed E-state index contributed by atoms with van der Waals surface area (Å²) in [6.07, 6.45) is -0.0929. The molecule has 0 unspecified atom stereocenters. The Hall–Kier alpha value is -3.26. The smallest absolute Gasteiger partial charge is 0.303 e. The number of hydrazone groups is 1. The molecule has 4 aromatic rings. The van der Waals surface area contributed by atoms with Crippen molar-refractivity contribution in [1.82, 2.24) is 9.99 Å². The first-order valence-corrected chi connectivity index (χ1v) is 13.5. The molecule has 192 valence electrons. The third-order valence-electron chi connectivity index (χ3n) is 6.52. The monoisotopic (exact) mass is 609 g/mol. The van der Waals surface area contributed by atoms with Gasteiger partial charge in [-0.05, 0) is 48.4 Å². The number of pyridine rings is 1. The van der Waals surface area contributed by atoms with Gasteiger partial charge in [-0.25, -0.2) is 5.01 Å². The maximum atomic E-state index is 13.3. The molecule has 1 aliphatic heterocycles. The SMILES string of the molecule is Cc1nc2ccc(Br)cc2c(-c2ccccc2)c1C1=NN(C(=O)CCC(=O)O)[C@@H](c2ccc(Cl)cc2Cl)C1. The number of carboxylic acid groups (broad SMARTS) is 1. The van der Waals surface area contributed by atoms with E-state index in [4.69, 9.17) is 38.4 Å². The van der Waals surface area contributed by atoms with E-state index < -0.39 is 17.9 Å². The predicted molar refractivity (Wildman–Crippen MR) is 154 cm³/mol. The van der Waals surface area contributed by atoms with Crippen LogP contribution in [0.2, 0.25) is 10.0 Å². The standard InChI is InChI=1S/C29H22BrCl2N3O3/c1-16-28(29(17-5-3-2-4-6-17)21-13-18(30)7-10-23(21)33-16)24-15-25(20-9-8-19(31)14-22(20)32)35(34-24)26(36)11-12-27(37)38/h2-10,13-14,25H,11-12,15H2,1H3,(H,37,38)/t25-/m1/s1. The lowest BCUT2D eigenvalue weighted by molar-refractivity contribution is -0.141. The summed E-state index contributed by atoms with van der Waals surface area (Å²) in [4.78, 5) is 29.3. The van der Waals surface area contributed by atoms with Crippen molar-refractivity contribution in [3.8, 4) is 11.1 Å². The number of fused-ring (bicyclic) bond motifs is 1. The first kappa shape index (κ1) is 26.4. The van der Waals surface area contributed by atoms with E-state index in [0.717, 1.165) is 37.8 Å². The summed E-state index contributed by atoms with van der Waals surface area (Å²) >= 11 is 16.3. The third kappa shape index (κ3) is 5.19. The summed E-state index contributed by atoms with van der Waals surface area (Å²) in [7, 11) is 0. The topological polar surface area (TPSA) is 82.9 Å². The summed E-state index contributed by atoms with van der Waals surface area (Å²) in [6, 6.07) is 20.6. The van der Waals surface area contributed by atoms with Crippen LogP contribution in [0.4, 0.5) is 0 Å². The quantitative estimate of drug-likeness (QED) is 0.241. The van der Waals surface area contributed by atoms with Gasteiger partial charge in [0.1, 0.15) is 0 Å². The van der Waals surface area contributed by atoms with E-state index in [0.29, 0.717) is 27.7 Å². The van der Waals surface area contributed by atoms with Crippen LogP contribution in [0.5, 0.6) is 0 Å². The highest BCUT2D eigenvalue weighted by Crippen LogP contribution is 2.42. The van der Waals surface area contributed by atoms with Gasteiger partial charge in [0.25, 0.3) is 0 Å². The number of carbonyl (C=O) groups is 2. The van der Waals surface area contributed by atoms with Crippen LogP contribution in [0.15, 0.2) is 76.3 Å². The summed E-state index contributed by atoms with van der Waals surface area (Å²) in [5, 5.41) is 17.2. The van der Waals surface area contributed by atoms with Crippen molar-refractivity contribution in [3.05, 3.63) is 98.1 Å². The number of hydrogen-bond donors (Lipinski definition) is 1. The van der Waals surface area contributed by atoms with Gasteiger partial charge in [0.05, 0.1) is 23.7 Å². The van der Waals surface area contributed by atoms with E-state index in [2.05, 4.69) is 15.9 Å². The number of carbonyl (C=O) groups excluding carboxylic acids is 1. The second-order valence-corrected chi connectivity index (χ2v) is 10.8. The summed E-state index contributed by atoms with van der Waals surface area (Å²) in [5.74, 6) is -1.44. The molecule has 1 aliphatic rings. The summed E-state index contributed by atoms with van der Waals surface area (Å²) in [6.45, 7) is 1.94. The first-order chi connectivity index (χ1) is 18.2. The zero-order valence-electron chi connectivity index (χ0n) is 20.3. The minimum Gasteiger partial charge on any atom is -0.481 e. The zero-order chi connectivity index (χ0) is 27.0. The molecule has 1 amide bonds. The van der Waals surface area contributed by atoms with Crippen molar-refractivity contribution < 1.29 is 14.7 Å². The molecule has 0 bridgehead atoms. The number of aliphatic carboxylic acids is 1. The number of hydrogen-bond acceptors (Lipinski definition) is 4. The second kappa shape index (κ2) is 10.8. The molecule has 1 atom stereocenters. The Labute approximate surface area is 238 Å². The Morgan fingerprint density at radius 1 is 1.03 bits per heavy atom. The van der Waals surface area contributed by atoms with Crippen molar-refractivity contribution >= 4 is 67.6 Å². The first-order valence-electron chi connectivity index (χ1n) is 11.9. The number of halogens is 3. The molecule has 0 saturated carbocycles. The number of nitrogens with zero attached hydrogens (tertiary/aromatic N) is 3. The van der Waals surface area contributed by atoms with Crippen LogP contribution in [-0.2, 0) is 9.59 Å². The van der Waals surface area contributed by atoms with Crippen LogP contribution < -0.4 is 0 Å². The Kier molecular flexibility index (Phi) is 7.52.